The Balaban J connectivity index is 2.24. The fourth-order valence-corrected chi connectivity index (χ4v) is 2.28. The highest BCUT2D eigenvalue weighted by atomic mass is 32.1. The van der Waals surface area contributed by atoms with E-state index in [1.54, 1.807) is 6.92 Å². The standard InChI is InChI=1S/C13H17N5O5S/c1-5-7(9(19)15-5)17-10(20)8(6-4-24-12(14)16-6)18-23-13(2,3)11(21)22/h4-5,7H,1-3H3,(H2,14,16)(H,15,19)(H,17,20)(H,21,22)/b18-8-/t5-,7-/m0/s1. The number of carbonyl (C=O) groups excluding carboxylic acids is 2. The summed E-state index contributed by atoms with van der Waals surface area (Å²) in [6, 6.07) is -0.925. The first-order valence-electron chi connectivity index (χ1n) is 6.94. The summed E-state index contributed by atoms with van der Waals surface area (Å²) >= 11 is 1.08. The number of nitrogens with two attached hydrogens (primary N) is 1. The van der Waals surface area contributed by atoms with E-state index in [1.165, 1.54) is 19.2 Å². The molecule has 1 saturated heterocycles. The maximum absolute atomic E-state index is 12.4. The van der Waals surface area contributed by atoms with Gasteiger partial charge in [-0.2, -0.15) is 0 Å². The van der Waals surface area contributed by atoms with E-state index in [9.17, 15) is 14.4 Å². The summed E-state index contributed by atoms with van der Waals surface area (Å²) in [5, 5.41) is 19.5. The van der Waals surface area contributed by atoms with Crippen molar-refractivity contribution in [3.05, 3.63) is 11.1 Å². The lowest BCUT2D eigenvalue weighted by molar-refractivity contribution is -0.161. The van der Waals surface area contributed by atoms with Crippen molar-refractivity contribution in [1.82, 2.24) is 15.6 Å². The summed E-state index contributed by atoms with van der Waals surface area (Å²) in [4.78, 5) is 43.8. The Morgan fingerprint density at radius 1 is 1.54 bits per heavy atom. The van der Waals surface area contributed by atoms with Gasteiger partial charge in [0.2, 0.25) is 11.5 Å². The molecule has 11 heteroatoms. The average molecular weight is 355 g/mol. The van der Waals surface area contributed by atoms with Crippen molar-refractivity contribution in [2.45, 2.75) is 38.5 Å². The largest absolute Gasteiger partial charge is 0.478 e. The highest BCUT2D eigenvalue weighted by Crippen LogP contribution is 2.15. The molecular formula is C13H17N5O5S. The lowest BCUT2D eigenvalue weighted by Crippen LogP contribution is -2.68. The number of carboxylic acids is 1. The van der Waals surface area contributed by atoms with Crippen LogP contribution >= 0.6 is 11.3 Å². The molecule has 2 atom stereocenters. The molecule has 130 valence electrons. The molecule has 0 aliphatic carbocycles. The molecule has 24 heavy (non-hydrogen) atoms. The predicted octanol–water partition coefficient (Wildman–Crippen LogP) is -0.688. The van der Waals surface area contributed by atoms with E-state index < -0.39 is 23.5 Å². The second-order valence-corrected chi connectivity index (χ2v) is 6.56. The molecule has 2 amide bonds. The van der Waals surface area contributed by atoms with E-state index >= 15 is 0 Å². The zero-order valence-corrected chi connectivity index (χ0v) is 14.0. The van der Waals surface area contributed by atoms with Crippen molar-refractivity contribution in [3.63, 3.8) is 0 Å². The summed E-state index contributed by atoms with van der Waals surface area (Å²) in [5.74, 6) is -2.29. The summed E-state index contributed by atoms with van der Waals surface area (Å²) in [6.45, 7) is 4.30. The molecule has 0 unspecified atom stereocenters. The van der Waals surface area contributed by atoms with Crippen LogP contribution < -0.4 is 16.4 Å². The number of aliphatic carboxylic acids is 1. The summed E-state index contributed by atoms with van der Waals surface area (Å²) in [7, 11) is 0. The van der Waals surface area contributed by atoms with Gasteiger partial charge < -0.3 is 26.3 Å². The van der Waals surface area contributed by atoms with Gasteiger partial charge in [-0.3, -0.25) is 9.59 Å². The summed E-state index contributed by atoms with van der Waals surface area (Å²) in [6.07, 6.45) is 0. The van der Waals surface area contributed by atoms with Crippen LogP contribution in [0.1, 0.15) is 26.5 Å². The van der Waals surface area contributed by atoms with Crippen molar-refractivity contribution < 1.29 is 24.3 Å². The summed E-state index contributed by atoms with van der Waals surface area (Å²) in [5.41, 5.74) is 3.77. The van der Waals surface area contributed by atoms with E-state index in [4.69, 9.17) is 15.7 Å². The highest BCUT2D eigenvalue weighted by Gasteiger charge is 2.38. The molecule has 1 aliphatic rings. The van der Waals surface area contributed by atoms with Gasteiger partial charge in [0.25, 0.3) is 5.91 Å². The van der Waals surface area contributed by atoms with Gasteiger partial charge in [0.05, 0.1) is 6.04 Å². The number of β-lactam (4-membered cyclic amide) rings is 1. The average Bonchev–Trinajstić information content (AvgIpc) is 2.91. The number of anilines is 1. The predicted molar refractivity (Wildman–Crippen MR) is 85.4 cm³/mol. The smallest absolute Gasteiger partial charge is 0.350 e. The zero-order chi connectivity index (χ0) is 18.1. The number of hydrogen-bond donors (Lipinski definition) is 4. The monoisotopic (exact) mass is 355 g/mol. The molecule has 2 heterocycles. The molecule has 1 aromatic heterocycles. The second-order valence-electron chi connectivity index (χ2n) is 5.67. The number of carboxylic acid groups (broad SMARTS) is 1. The second kappa shape index (κ2) is 6.43. The number of nitrogens with zero attached hydrogens (tertiary/aromatic N) is 2. The number of carbonyl (C=O) groups is 3. The van der Waals surface area contributed by atoms with Crippen molar-refractivity contribution in [1.29, 1.82) is 0 Å². The van der Waals surface area contributed by atoms with Gasteiger partial charge in [0.15, 0.2) is 10.8 Å². The van der Waals surface area contributed by atoms with E-state index in [1.807, 2.05) is 0 Å². The number of amides is 2. The van der Waals surface area contributed by atoms with Crippen LogP contribution in [0.25, 0.3) is 0 Å². The molecular weight excluding hydrogens is 338 g/mol. The van der Waals surface area contributed by atoms with Gasteiger partial charge in [0.1, 0.15) is 11.7 Å². The fraction of sp³-hybridized carbons (Fsp3) is 0.462. The van der Waals surface area contributed by atoms with Gasteiger partial charge in [-0.25, -0.2) is 9.78 Å². The number of rotatable bonds is 6. The summed E-state index contributed by atoms with van der Waals surface area (Å²) < 4.78 is 0. The van der Waals surface area contributed by atoms with Crippen LogP contribution in [-0.4, -0.2) is 51.3 Å². The third-order valence-corrected chi connectivity index (χ3v) is 3.97. The van der Waals surface area contributed by atoms with Crippen LogP contribution in [0.4, 0.5) is 5.13 Å². The number of nitrogens with one attached hydrogen (secondary N) is 2. The highest BCUT2D eigenvalue weighted by molar-refractivity contribution is 7.13. The third kappa shape index (κ3) is 3.62. The molecule has 5 N–H and O–H groups in total. The topological polar surface area (TPSA) is 156 Å². The Labute approximate surface area is 141 Å². The molecule has 0 bridgehead atoms. The lowest BCUT2D eigenvalue weighted by Gasteiger charge is -2.34. The Morgan fingerprint density at radius 3 is 2.67 bits per heavy atom. The minimum atomic E-state index is -1.64. The molecule has 0 radical (unpaired) electrons. The van der Waals surface area contributed by atoms with E-state index in [0.29, 0.717) is 0 Å². The molecule has 0 spiro atoms. The SMILES string of the molecule is C[C@@H]1NC(=O)[C@H]1NC(=O)/C(=N\OC(C)(C)C(=O)O)c1csc(N)n1. The van der Waals surface area contributed by atoms with Crippen LogP contribution in [-0.2, 0) is 19.2 Å². The van der Waals surface area contributed by atoms with Crippen LogP contribution in [0.2, 0.25) is 0 Å². The minimum absolute atomic E-state index is 0.128. The number of aromatic nitrogens is 1. The first kappa shape index (κ1) is 17.7. The normalized spacial score (nSPS) is 20.8. The molecule has 0 saturated carbocycles. The van der Waals surface area contributed by atoms with E-state index in [2.05, 4.69) is 20.8 Å². The van der Waals surface area contributed by atoms with Gasteiger partial charge >= 0.3 is 5.97 Å². The lowest BCUT2D eigenvalue weighted by atomic mass is 10.0. The molecule has 2 rings (SSSR count). The molecule has 1 fully saturated rings. The third-order valence-electron chi connectivity index (χ3n) is 3.30. The van der Waals surface area contributed by atoms with Crippen molar-refractivity contribution >= 4 is 40.0 Å². The Bertz CT molecular complexity index is 713. The minimum Gasteiger partial charge on any atom is -0.478 e. The van der Waals surface area contributed by atoms with Gasteiger partial charge in [0, 0.05) is 5.38 Å². The first-order valence-corrected chi connectivity index (χ1v) is 7.82. The van der Waals surface area contributed by atoms with Gasteiger partial charge in [-0.1, -0.05) is 5.16 Å². The Hall–Kier alpha value is -2.69. The van der Waals surface area contributed by atoms with Crippen molar-refractivity contribution in [2.75, 3.05) is 5.73 Å². The Kier molecular flexibility index (Phi) is 4.73. The van der Waals surface area contributed by atoms with Gasteiger partial charge in [-0.05, 0) is 20.8 Å². The van der Waals surface area contributed by atoms with Crippen LogP contribution in [0.5, 0.6) is 0 Å². The molecule has 1 aliphatic heterocycles. The van der Waals surface area contributed by atoms with Crippen LogP contribution in [0.15, 0.2) is 10.5 Å². The van der Waals surface area contributed by atoms with Crippen LogP contribution in [0.3, 0.4) is 0 Å². The number of hydrogen-bond acceptors (Lipinski definition) is 8. The molecule has 0 aromatic carbocycles. The quantitative estimate of drug-likeness (QED) is 0.299. The van der Waals surface area contributed by atoms with Crippen molar-refractivity contribution in [2.24, 2.45) is 5.16 Å². The first-order chi connectivity index (χ1) is 11.1. The Morgan fingerprint density at radius 2 is 2.21 bits per heavy atom. The fourth-order valence-electron chi connectivity index (χ4n) is 1.73. The van der Waals surface area contributed by atoms with E-state index in [-0.39, 0.29) is 28.5 Å². The van der Waals surface area contributed by atoms with Gasteiger partial charge in [-0.15, -0.1) is 11.3 Å². The number of nitrogen functional groups attached to an aromatic ring is 1. The van der Waals surface area contributed by atoms with Crippen LogP contribution in [0, 0.1) is 0 Å². The zero-order valence-electron chi connectivity index (χ0n) is 13.2. The maximum atomic E-state index is 12.4. The van der Waals surface area contributed by atoms with E-state index in [0.717, 1.165) is 11.3 Å². The molecule has 10 nitrogen and oxygen atoms in total. The maximum Gasteiger partial charge on any atom is 0.350 e. The number of thiazole rings is 1. The number of oxime groups is 1. The molecule has 1 aromatic rings. The van der Waals surface area contributed by atoms with Crippen molar-refractivity contribution in [3.8, 4) is 0 Å².